The van der Waals surface area contributed by atoms with Crippen LogP contribution in [0.2, 0.25) is 0 Å². The highest BCUT2D eigenvalue weighted by atomic mass is 15.3. The molecule has 0 aliphatic heterocycles. The number of aromatic nitrogens is 5. The van der Waals surface area contributed by atoms with Crippen LogP contribution in [-0.4, -0.2) is 24.3 Å². The highest BCUT2D eigenvalue weighted by Crippen LogP contribution is 2.23. The van der Waals surface area contributed by atoms with Gasteiger partial charge in [-0.3, -0.25) is 4.68 Å². The molecule has 6 nitrogen and oxygen atoms in total. The second-order valence-corrected chi connectivity index (χ2v) is 4.18. The monoisotopic (exact) mass is 254 g/mol. The lowest BCUT2D eigenvalue weighted by Crippen LogP contribution is -2.08. The Morgan fingerprint density at radius 1 is 1.16 bits per heavy atom. The van der Waals surface area contributed by atoms with Gasteiger partial charge in [-0.15, -0.1) is 0 Å². The van der Waals surface area contributed by atoms with Gasteiger partial charge in [-0.05, 0) is 18.2 Å². The lowest BCUT2D eigenvalue weighted by Gasteiger charge is -2.09. The van der Waals surface area contributed by atoms with Gasteiger partial charge in [-0.2, -0.15) is 5.10 Å². The van der Waals surface area contributed by atoms with Gasteiger partial charge in [-0.1, -0.05) is 0 Å². The van der Waals surface area contributed by atoms with Crippen LogP contribution in [0.5, 0.6) is 0 Å². The second kappa shape index (κ2) is 4.93. The molecule has 0 atom stereocenters. The maximum Gasteiger partial charge on any atom is 0.132 e. The third kappa shape index (κ3) is 2.33. The van der Waals surface area contributed by atoms with Gasteiger partial charge in [0.1, 0.15) is 5.82 Å². The first kappa shape index (κ1) is 11.5. The third-order valence-corrected chi connectivity index (χ3v) is 2.96. The Bertz CT molecular complexity index is 655. The summed E-state index contributed by atoms with van der Waals surface area (Å²) < 4.78 is 3.94. The fraction of sp³-hybridized carbons (Fsp3) is 0.154. The van der Waals surface area contributed by atoms with Crippen LogP contribution < -0.4 is 5.73 Å². The van der Waals surface area contributed by atoms with E-state index in [0.29, 0.717) is 5.82 Å². The molecule has 3 heterocycles. The Labute approximate surface area is 110 Å². The van der Waals surface area contributed by atoms with Crippen LogP contribution in [-0.2, 0) is 13.1 Å². The van der Waals surface area contributed by atoms with Crippen LogP contribution in [0.25, 0.3) is 11.3 Å². The number of anilines is 1. The molecule has 19 heavy (non-hydrogen) atoms. The molecule has 0 aliphatic rings. The molecular weight excluding hydrogens is 240 g/mol. The first-order valence-corrected chi connectivity index (χ1v) is 6.03. The van der Waals surface area contributed by atoms with Crippen LogP contribution in [0.1, 0.15) is 0 Å². The average molecular weight is 254 g/mol. The Morgan fingerprint density at radius 2 is 2.11 bits per heavy atom. The molecule has 2 N–H and O–H groups in total. The summed E-state index contributed by atoms with van der Waals surface area (Å²) in [6.07, 6.45) is 8.99. The van der Waals surface area contributed by atoms with Crippen LogP contribution in [0.15, 0.2) is 49.3 Å². The van der Waals surface area contributed by atoms with Crippen molar-refractivity contribution in [1.82, 2.24) is 24.3 Å². The number of nitrogen functional groups attached to an aromatic ring is 1. The predicted molar refractivity (Wildman–Crippen MR) is 72.1 cm³/mol. The summed E-state index contributed by atoms with van der Waals surface area (Å²) >= 11 is 0. The maximum atomic E-state index is 5.90. The van der Waals surface area contributed by atoms with E-state index in [-0.39, 0.29) is 0 Å². The van der Waals surface area contributed by atoms with Gasteiger partial charge >= 0.3 is 0 Å². The Balaban J connectivity index is 1.84. The van der Waals surface area contributed by atoms with Crippen LogP contribution >= 0.6 is 0 Å². The van der Waals surface area contributed by atoms with E-state index in [1.165, 1.54) is 0 Å². The molecule has 0 bridgehead atoms. The number of nitrogens with two attached hydrogens (primary N) is 1. The molecule has 0 aliphatic carbocycles. The van der Waals surface area contributed by atoms with Crippen LogP contribution in [0.4, 0.5) is 5.82 Å². The van der Waals surface area contributed by atoms with E-state index in [0.717, 1.165) is 24.3 Å². The van der Waals surface area contributed by atoms with Crippen molar-refractivity contribution < 1.29 is 0 Å². The fourth-order valence-electron chi connectivity index (χ4n) is 2.00. The molecule has 3 aromatic rings. The van der Waals surface area contributed by atoms with Crippen molar-refractivity contribution in [1.29, 1.82) is 0 Å². The summed E-state index contributed by atoms with van der Waals surface area (Å²) in [5, 5.41) is 4.18. The van der Waals surface area contributed by atoms with Crippen LogP contribution in [0, 0.1) is 0 Å². The Morgan fingerprint density at radius 3 is 2.89 bits per heavy atom. The van der Waals surface area contributed by atoms with E-state index in [1.807, 2.05) is 29.1 Å². The second-order valence-electron chi connectivity index (χ2n) is 4.18. The molecule has 0 unspecified atom stereocenters. The molecule has 3 rings (SSSR count). The summed E-state index contributed by atoms with van der Waals surface area (Å²) in [6.45, 7) is 1.57. The predicted octanol–water partition coefficient (Wildman–Crippen LogP) is 1.42. The van der Waals surface area contributed by atoms with Crippen molar-refractivity contribution >= 4 is 5.82 Å². The number of pyridine rings is 1. The van der Waals surface area contributed by atoms with Crippen molar-refractivity contribution in [3.05, 3.63) is 49.3 Å². The fourth-order valence-corrected chi connectivity index (χ4v) is 2.00. The zero-order valence-electron chi connectivity index (χ0n) is 10.3. The SMILES string of the molecule is Nc1ncccc1-c1cncn1CCn1cccn1. The molecule has 0 fully saturated rings. The van der Waals surface area contributed by atoms with Gasteiger partial charge in [0.15, 0.2) is 0 Å². The average Bonchev–Trinajstić information content (AvgIpc) is 3.08. The van der Waals surface area contributed by atoms with E-state index in [9.17, 15) is 0 Å². The van der Waals surface area contributed by atoms with Crippen LogP contribution in [0.3, 0.4) is 0 Å². The third-order valence-electron chi connectivity index (χ3n) is 2.96. The normalized spacial score (nSPS) is 10.7. The van der Waals surface area contributed by atoms with Crippen molar-refractivity contribution in [3.63, 3.8) is 0 Å². The summed E-state index contributed by atoms with van der Waals surface area (Å²) in [7, 11) is 0. The van der Waals surface area contributed by atoms with E-state index in [2.05, 4.69) is 19.6 Å². The zero-order valence-corrected chi connectivity index (χ0v) is 10.3. The Kier molecular flexibility index (Phi) is 2.97. The van der Waals surface area contributed by atoms with Crippen molar-refractivity contribution in [2.24, 2.45) is 0 Å². The molecule has 96 valence electrons. The summed E-state index contributed by atoms with van der Waals surface area (Å²) in [5.41, 5.74) is 7.77. The lowest BCUT2D eigenvalue weighted by molar-refractivity contribution is 0.536. The molecule has 0 saturated carbocycles. The number of imidazole rings is 1. The molecule has 0 amide bonds. The van der Waals surface area contributed by atoms with E-state index in [4.69, 9.17) is 5.73 Å². The van der Waals surface area contributed by atoms with Gasteiger partial charge in [0.25, 0.3) is 0 Å². The molecule has 0 radical (unpaired) electrons. The van der Waals surface area contributed by atoms with Crippen molar-refractivity contribution in [2.45, 2.75) is 13.1 Å². The molecule has 3 aromatic heterocycles. The largest absolute Gasteiger partial charge is 0.383 e. The van der Waals surface area contributed by atoms with Gasteiger partial charge in [0.2, 0.25) is 0 Å². The van der Waals surface area contributed by atoms with E-state index in [1.54, 1.807) is 24.9 Å². The van der Waals surface area contributed by atoms with Crippen molar-refractivity contribution in [2.75, 3.05) is 5.73 Å². The van der Waals surface area contributed by atoms with E-state index < -0.39 is 0 Å². The first-order chi connectivity index (χ1) is 9.34. The molecule has 6 heteroatoms. The quantitative estimate of drug-likeness (QED) is 0.764. The summed E-state index contributed by atoms with van der Waals surface area (Å²) in [6, 6.07) is 5.73. The van der Waals surface area contributed by atoms with Gasteiger partial charge in [-0.25, -0.2) is 9.97 Å². The number of rotatable bonds is 4. The van der Waals surface area contributed by atoms with Gasteiger partial charge in [0.05, 0.1) is 24.8 Å². The highest BCUT2D eigenvalue weighted by molar-refractivity contribution is 5.70. The van der Waals surface area contributed by atoms with E-state index >= 15 is 0 Å². The van der Waals surface area contributed by atoms with Gasteiger partial charge in [0, 0.05) is 30.7 Å². The minimum Gasteiger partial charge on any atom is -0.383 e. The maximum absolute atomic E-state index is 5.90. The lowest BCUT2D eigenvalue weighted by atomic mass is 10.2. The topological polar surface area (TPSA) is 74.5 Å². The number of aryl methyl sites for hydroxylation is 2. The van der Waals surface area contributed by atoms with Crippen molar-refractivity contribution in [3.8, 4) is 11.3 Å². The standard InChI is InChI=1S/C13H14N6/c14-13-11(3-1-4-16-13)12-9-15-10-18(12)7-8-19-6-2-5-17-19/h1-6,9-10H,7-8H2,(H2,14,16). The zero-order chi connectivity index (χ0) is 13.1. The molecular formula is C13H14N6. The molecule has 0 spiro atoms. The minimum absolute atomic E-state index is 0.517. The smallest absolute Gasteiger partial charge is 0.132 e. The summed E-state index contributed by atoms with van der Waals surface area (Å²) in [5.74, 6) is 0.517. The number of hydrogen-bond acceptors (Lipinski definition) is 4. The summed E-state index contributed by atoms with van der Waals surface area (Å²) in [4.78, 5) is 8.29. The Hall–Kier alpha value is -2.63. The molecule has 0 saturated heterocycles. The number of hydrogen-bond donors (Lipinski definition) is 1. The first-order valence-electron chi connectivity index (χ1n) is 6.03. The highest BCUT2D eigenvalue weighted by Gasteiger charge is 2.08. The minimum atomic E-state index is 0.517. The van der Waals surface area contributed by atoms with Gasteiger partial charge < -0.3 is 10.3 Å². The number of nitrogens with zero attached hydrogens (tertiary/aromatic N) is 5. The molecule has 0 aromatic carbocycles.